The maximum absolute atomic E-state index is 10.6. The Bertz CT molecular complexity index is 310. The second kappa shape index (κ2) is 3.21. The van der Waals surface area contributed by atoms with Gasteiger partial charge in [0, 0.05) is 12.5 Å². The molecular formula is C8H10N2O2. The van der Waals surface area contributed by atoms with Gasteiger partial charge in [0.15, 0.2) is 5.75 Å². The average molecular weight is 166 g/mol. The number of nitrogen functional groups attached to an aromatic ring is 1. The first kappa shape index (κ1) is 8.52. The number of nitrogens with two attached hydrogens (primary N) is 1. The fourth-order valence-electron chi connectivity index (χ4n) is 0.779. The number of carbonyl (C=O) groups excluding carboxylic acids is 1. The van der Waals surface area contributed by atoms with Gasteiger partial charge in [0.05, 0.1) is 18.1 Å². The second-order valence-corrected chi connectivity index (χ2v) is 2.45. The standard InChI is InChI=1S/C8H10N2O2/c1-5-7(9)3-10-4-8(5)12-6(2)11/h3-4H,9H2,1-2H3. The van der Waals surface area contributed by atoms with Crippen LogP contribution in [0, 0.1) is 6.92 Å². The third-order valence-electron chi connectivity index (χ3n) is 1.46. The molecule has 4 nitrogen and oxygen atoms in total. The van der Waals surface area contributed by atoms with Crippen LogP contribution in [-0.2, 0) is 4.79 Å². The summed E-state index contributed by atoms with van der Waals surface area (Å²) in [5.74, 6) is 0.0491. The molecule has 1 rings (SSSR count). The number of hydrogen-bond acceptors (Lipinski definition) is 4. The summed E-state index contributed by atoms with van der Waals surface area (Å²) in [6, 6.07) is 0. The van der Waals surface area contributed by atoms with Gasteiger partial charge in [-0.15, -0.1) is 0 Å². The Morgan fingerprint density at radius 1 is 1.58 bits per heavy atom. The number of nitrogens with zero attached hydrogens (tertiary/aromatic N) is 1. The Morgan fingerprint density at radius 2 is 2.25 bits per heavy atom. The number of rotatable bonds is 1. The van der Waals surface area contributed by atoms with E-state index in [2.05, 4.69) is 4.98 Å². The number of esters is 1. The molecule has 0 amide bonds. The lowest BCUT2D eigenvalue weighted by molar-refractivity contribution is -0.131. The van der Waals surface area contributed by atoms with E-state index in [4.69, 9.17) is 10.5 Å². The van der Waals surface area contributed by atoms with Gasteiger partial charge in [-0.3, -0.25) is 9.78 Å². The molecule has 1 heterocycles. The van der Waals surface area contributed by atoms with E-state index in [-0.39, 0.29) is 5.97 Å². The van der Waals surface area contributed by atoms with Crippen molar-refractivity contribution in [3.63, 3.8) is 0 Å². The molecule has 0 fully saturated rings. The Hall–Kier alpha value is -1.58. The molecule has 0 saturated carbocycles. The smallest absolute Gasteiger partial charge is 0.308 e. The predicted molar refractivity (Wildman–Crippen MR) is 44.7 cm³/mol. The summed E-state index contributed by atoms with van der Waals surface area (Å²) < 4.78 is 4.84. The quantitative estimate of drug-likeness (QED) is 0.629. The minimum absolute atomic E-state index is 0.370. The maximum atomic E-state index is 10.6. The molecule has 0 aliphatic carbocycles. The van der Waals surface area contributed by atoms with Crippen LogP contribution in [0.15, 0.2) is 12.4 Å². The summed E-state index contributed by atoms with van der Waals surface area (Å²) in [7, 11) is 0. The van der Waals surface area contributed by atoms with E-state index in [1.807, 2.05) is 0 Å². The van der Waals surface area contributed by atoms with Crippen molar-refractivity contribution in [1.82, 2.24) is 4.98 Å². The molecule has 2 N–H and O–H groups in total. The van der Waals surface area contributed by atoms with Crippen LogP contribution in [0.2, 0.25) is 0 Å². The molecule has 0 aromatic carbocycles. The van der Waals surface area contributed by atoms with Crippen LogP contribution >= 0.6 is 0 Å². The van der Waals surface area contributed by atoms with Gasteiger partial charge in [-0.2, -0.15) is 0 Å². The van der Waals surface area contributed by atoms with E-state index in [0.29, 0.717) is 11.4 Å². The van der Waals surface area contributed by atoms with Crippen molar-refractivity contribution in [2.75, 3.05) is 5.73 Å². The lowest BCUT2D eigenvalue weighted by atomic mass is 10.2. The van der Waals surface area contributed by atoms with Gasteiger partial charge < -0.3 is 10.5 Å². The minimum atomic E-state index is -0.370. The summed E-state index contributed by atoms with van der Waals surface area (Å²) in [6.45, 7) is 3.11. The normalized spacial score (nSPS) is 9.50. The molecule has 0 aliphatic rings. The van der Waals surface area contributed by atoms with Crippen LogP contribution in [0.4, 0.5) is 5.69 Å². The molecule has 1 aromatic heterocycles. The predicted octanol–water partition coefficient (Wildman–Crippen LogP) is 0.898. The van der Waals surface area contributed by atoms with E-state index < -0.39 is 0 Å². The number of ether oxygens (including phenoxy) is 1. The molecule has 0 aliphatic heterocycles. The molecule has 12 heavy (non-hydrogen) atoms. The molecule has 0 saturated heterocycles. The van der Waals surface area contributed by atoms with Gasteiger partial charge in [0.25, 0.3) is 0 Å². The van der Waals surface area contributed by atoms with Crippen molar-refractivity contribution < 1.29 is 9.53 Å². The molecule has 1 aromatic rings. The van der Waals surface area contributed by atoms with Crippen molar-refractivity contribution in [3.05, 3.63) is 18.0 Å². The molecule has 0 bridgehead atoms. The number of pyridine rings is 1. The Balaban J connectivity index is 3.00. The van der Waals surface area contributed by atoms with Crippen molar-refractivity contribution in [3.8, 4) is 5.75 Å². The number of aromatic nitrogens is 1. The van der Waals surface area contributed by atoms with Gasteiger partial charge >= 0.3 is 5.97 Å². The summed E-state index contributed by atoms with van der Waals surface area (Å²) in [6.07, 6.45) is 2.98. The van der Waals surface area contributed by atoms with Gasteiger partial charge in [0.2, 0.25) is 0 Å². The SMILES string of the molecule is CC(=O)Oc1cncc(N)c1C. The first-order chi connectivity index (χ1) is 5.61. The van der Waals surface area contributed by atoms with E-state index in [1.165, 1.54) is 19.3 Å². The van der Waals surface area contributed by atoms with E-state index in [1.54, 1.807) is 6.92 Å². The van der Waals surface area contributed by atoms with Crippen LogP contribution in [0.5, 0.6) is 5.75 Å². The summed E-state index contributed by atoms with van der Waals surface area (Å²) in [5, 5.41) is 0. The number of carbonyl (C=O) groups is 1. The van der Waals surface area contributed by atoms with Gasteiger partial charge in [-0.1, -0.05) is 0 Å². The zero-order chi connectivity index (χ0) is 9.14. The van der Waals surface area contributed by atoms with Gasteiger partial charge in [0.1, 0.15) is 0 Å². The van der Waals surface area contributed by atoms with E-state index >= 15 is 0 Å². The highest BCUT2D eigenvalue weighted by molar-refractivity contribution is 5.70. The fraction of sp³-hybridized carbons (Fsp3) is 0.250. The summed E-state index contributed by atoms with van der Waals surface area (Å²) in [4.78, 5) is 14.4. The van der Waals surface area contributed by atoms with Gasteiger partial charge in [-0.05, 0) is 6.92 Å². The largest absolute Gasteiger partial charge is 0.425 e. The van der Waals surface area contributed by atoms with Crippen molar-refractivity contribution in [1.29, 1.82) is 0 Å². The van der Waals surface area contributed by atoms with Crippen molar-refractivity contribution in [2.45, 2.75) is 13.8 Å². The highest BCUT2D eigenvalue weighted by Crippen LogP contribution is 2.20. The summed E-state index contributed by atoms with van der Waals surface area (Å²) >= 11 is 0. The minimum Gasteiger partial charge on any atom is -0.425 e. The monoisotopic (exact) mass is 166 g/mol. The Kier molecular flexibility index (Phi) is 2.28. The Labute approximate surface area is 70.4 Å². The average Bonchev–Trinajstić information content (AvgIpc) is 1.98. The third kappa shape index (κ3) is 1.72. The lowest BCUT2D eigenvalue weighted by Gasteiger charge is -2.05. The molecule has 0 unspecified atom stereocenters. The van der Waals surface area contributed by atoms with Crippen LogP contribution in [0.1, 0.15) is 12.5 Å². The van der Waals surface area contributed by atoms with Crippen LogP contribution in [0.3, 0.4) is 0 Å². The van der Waals surface area contributed by atoms with E-state index in [9.17, 15) is 4.79 Å². The highest BCUT2D eigenvalue weighted by Gasteiger charge is 2.04. The van der Waals surface area contributed by atoms with Crippen LogP contribution in [-0.4, -0.2) is 11.0 Å². The highest BCUT2D eigenvalue weighted by atomic mass is 16.5. The number of anilines is 1. The maximum Gasteiger partial charge on any atom is 0.308 e. The first-order valence-corrected chi connectivity index (χ1v) is 3.49. The number of hydrogen-bond donors (Lipinski definition) is 1. The topological polar surface area (TPSA) is 65.2 Å². The fourth-order valence-corrected chi connectivity index (χ4v) is 0.779. The van der Waals surface area contributed by atoms with Gasteiger partial charge in [-0.25, -0.2) is 0 Å². The lowest BCUT2D eigenvalue weighted by Crippen LogP contribution is -2.04. The second-order valence-electron chi connectivity index (χ2n) is 2.45. The Morgan fingerprint density at radius 3 is 2.83 bits per heavy atom. The zero-order valence-electron chi connectivity index (χ0n) is 7.00. The molecule has 0 atom stereocenters. The molecule has 0 radical (unpaired) electrons. The molecule has 0 spiro atoms. The van der Waals surface area contributed by atoms with Crippen molar-refractivity contribution in [2.24, 2.45) is 0 Å². The summed E-state index contributed by atoms with van der Waals surface area (Å²) in [5.41, 5.74) is 6.80. The van der Waals surface area contributed by atoms with Crippen LogP contribution in [0.25, 0.3) is 0 Å². The van der Waals surface area contributed by atoms with Crippen LogP contribution < -0.4 is 10.5 Å². The molecular weight excluding hydrogens is 156 g/mol. The van der Waals surface area contributed by atoms with Crippen molar-refractivity contribution >= 4 is 11.7 Å². The third-order valence-corrected chi connectivity index (χ3v) is 1.46. The van der Waals surface area contributed by atoms with E-state index in [0.717, 1.165) is 5.56 Å². The molecule has 64 valence electrons. The molecule has 4 heteroatoms. The first-order valence-electron chi connectivity index (χ1n) is 3.49. The zero-order valence-corrected chi connectivity index (χ0v) is 7.00.